The zero-order chi connectivity index (χ0) is 12.3. The van der Waals surface area contributed by atoms with Crippen molar-refractivity contribution in [1.29, 1.82) is 0 Å². The zero-order valence-corrected chi connectivity index (χ0v) is 10.3. The third-order valence-electron chi connectivity index (χ3n) is 3.14. The van der Waals surface area contributed by atoms with E-state index in [-0.39, 0.29) is 11.7 Å². The fourth-order valence-corrected chi connectivity index (χ4v) is 2.40. The van der Waals surface area contributed by atoms with Crippen LogP contribution in [0.2, 0.25) is 5.02 Å². The van der Waals surface area contributed by atoms with Crippen molar-refractivity contribution >= 4 is 17.9 Å². The van der Waals surface area contributed by atoms with Crippen molar-refractivity contribution in [2.24, 2.45) is 5.92 Å². The Bertz CT molecular complexity index is 410. The summed E-state index contributed by atoms with van der Waals surface area (Å²) in [5.74, 6) is -0.176. The number of piperidine rings is 1. The molecule has 2 nitrogen and oxygen atoms in total. The zero-order valence-electron chi connectivity index (χ0n) is 9.53. The summed E-state index contributed by atoms with van der Waals surface area (Å²) in [6.45, 7) is 2.20. The first-order valence-electron chi connectivity index (χ1n) is 5.80. The molecule has 0 radical (unpaired) electrons. The summed E-state index contributed by atoms with van der Waals surface area (Å²) in [5.41, 5.74) is 0.640. The Balaban J connectivity index is 2.02. The number of carbonyl (C=O) groups excluding carboxylic acids is 1. The maximum atomic E-state index is 13.6. The highest BCUT2D eigenvalue weighted by Crippen LogP contribution is 2.20. The van der Waals surface area contributed by atoms with Gasteiger partial charge >= 0.3 is 0 Å². The Morgan fingerprint density at radius 1 is 1.53 bits per heavy atom. The van der Waals surface area contributed by atoms with Gasteiger partial charge in [0.1, 0.15) is 12.1 Å². The van der Waals surface area contributed by atoms with E-state index in [1.807, 2.05) is 0 Å². The Hall–Kier alpha value is -0.930. The highest BCUT2D eigenvalue weighted by molar-refractivity contribution is 6.30. The van der Waals surface area contributed by atoms with E-state index in [0.29, 0.717) is 17.1 Å². The molecule has 0 aliphatic carbocycles. The molecule has 0 saturated carbocycles. The van der Waals surface area contributed by atoms with Gasteiger partial charge in [0, 0.05) is 29.6 Å². The van der Waals surface area contributed by atoms with Gasteiger partial charge in [-0.05, 0) is 31.5 Å². The number of likely N-dealkylation sites (tertiary alicyclic amines) is 1. The van der Waals surface area contributed by atoms with Crippen molar-refractivity contribution in [1.82, 2.24) is 4.90 Å². The van der Waals surface area contributed by atoms with Crippen LogP contribution in [0.4, 0.5) is 4.39 Å². The summed E-state index contributed by atoms with van der Waals surface area (Å²) < 4.78 is 13.6. The molecule has 92 valence electrons. The third kappa shape index (κ3) is 3.27. The second kappa shape index (κ2) is 5.61. The lowest BCUT2D eigenvalue weighted by Gasteiger charge is -2.30. The fourth-order valence-electron chi connectivity index (χ4n) is 2.24. The van der Waals surface area contributed by atoms with E-state index in [1.165, 1.54) is 6.07 Å². The van der Waals surface area contributed by atoms with Gasteiger partial charge in [-0.15, -0.1) is 0 Å². The Morgan fingerprint density at radius 3 is 3.06 bits per heavy atom. The number of hydrogen-bond donors (Lipinski definition) is 0. The lowest BCUT2D eigenvalue weighted by atomic mass is 9.99. The highest BCUT2D eigenvalue weighted by atomic mass is 35.5. The molecular formula is C13H15ClFNO. The average molecular weight is 256 g/mol. The van der Waals surface area contributed by atoms with E-state index < -0.39 is 0 Å². The molecule has 1 fully saturated rings. The van der Waals surface area contributed by atoms with Crippen LogP contribution in [0.5, 0.6) is 0 Å². The number of nitrogens with zero attached hydrogens (tertiary/aromatic N) is 1. The van der Waals surface area contributed by atoms with Gasteiger partial charge in [0.2, 0.25) is 0 Å². The van der Waals surface area contributed by atoms with Crippen molar-refractivity contribution in [3.63, 3.8) is 0 Å². The lowest BCUT2D eigenvalue weighted by molar-refractivity contribution is -0.112. The molecule has 1 atom stereocenters. The van der Waals surface area contributed by atoms with Crippen LogP contribution in [0.25, 0.3) is 0 Å². The highest BCUT2D eigenvalue weighted by Gasteiger charge is 2.20. The van der Waals surface area contributed by atoms with Crippen molar-refractivity contribution in [3.05, 3.63) is 34.6 Å². The molecule has 1 saturated heterocycles. The van der Waals surface area contributed by atoms with Gasteiger partial charge < -0.3 is 4.79 Å². The number of halogens is 2. The number of hydrogen-bond acceptors (Lipinski definition) is 2. The minimum atomic E-state index is -0.272. The first-order chi connectivity index (χ1) is 8.19. The predicted octanol–water partition coefficient (Wildman–Crippen LogP) is 2.89. The van der Waals surface area contributed by atoms with Gasteiger partial charge in [0.25, 0.3) is 0 Å². The Kier molecular flexibility index (Phi) is 4.13. The van der Waals surface area contributed by atoms with Crippen molar-refractivity contribution in [2.75, 3.05) is 13.1 Å². The molecule has 1 aromatic carbocycles. The van der Waals surface area contributed by atoms with Gasteiger partial charge in [-0.2, -0.15) is 0 Å². The molecule has 0 spiro atoms. The van der Waals surface area contributed by atoms with Gasteiger partial charge in [-0.25, -0.2) is 4.39 Å². The monoisotopic (exact) mass is 255 g/mol. The Labute approximate surface area is 105 Å². The van der Waals surface area contributed by atoms with Gasteiger partial charge in [-0.3, -0.25) is 4.90 Å². The lowest BCUT2D eigenvalue weighted by Crippen LogP contribution is -2.35. The smallest absolute Gasteiger partial charge is 0.129 e. The molecule has 17 heavy (non-hydrogen) atoms. The van der Waals surface area contributed by atoms with Crippen LogP contribution in [0, 0.1) is 11.7 Å². The molecule has 0 amide bonds. The summed E-state index contributed by atoms with van der Waals surface area (Å²) >= 11 is 5.71. The number of rotatable bonds is 3. The second-order valence-electron chi connectivity index (χ2n) is 4.51. The van der Waals surface area contributed by atoms with E-state index in [1.54, 1.807) is 12.1 Å². The molecule has 1 unspecified atom stereocenters. The van der Waals surface area contributed by atoms with Crippen LogP contribution in [0.3, 0.4) is 0 Å². The molecule has 4 heteroatoms. The van der Waals surface area contributed by atoms with Gasteiger partial charge in [0.15, 0.2) is 0 Å². The second-order valence-corrected chi connectivity index (χ2v) is 4.95. The van der Waals surface area contributed by atoms with Crippen LogP contribution >= 0.6 is 11.6 Å². The van der Waals surface area contributed by atoms with Crippen LogP contribution in [-0.2, 0) is 11.3 Å². The predicted molar refractivity (Wildman–Crippen MR) is 65.5 cm³/mol. The first-order valence-corrected chi connectivity index (χ1v) is 6.18. The van der Waals surface area contributed by atoms with Crippen LogP contribution in [0.15, 0.2) is 18.2 Å². The summed E-state index contributed by atoms with van der Waals surface area (Å²) in [6, 6.07) is 4.74. The number of benzene rings is 1. The maximum absolute atomic E-state index is 13.6. The molecule has 1 aliphatic rings. The van der Waals surface area contributed by atoms with E-state index in [0.717, 1.165) is 32.2 Å². The van der Waals surface area contributed by atoms with Crippen molar-refractivity contribution < 1.29 is 9.18 Å². The van der Waals surface area contributed by atoms with Crippen LogP contribution in [0.1, 0.15) is 18.4 Å². The minimum absolute atomic E-state index is 0.0964. The summed E-state index contributed by atoms with van der Waals surface area (Å²) in [4.78, 5) is 12.9. The van der Waals surface area contributed by atoms with Crippen LogP contribution < -0.4 is 0 Å². The molecule has 1 aromatic rings. The molecule has 1 aliphatic heterocycles. The Morgan fingerprint density at radius 2 is 2.35 bits per heavy atom. The van der Waals surface area contributed by atoms with Gasteiger partial charge in [-0.1, -0.05) is 17.7 Å². The molecule has 2 rings (SSSR count). The van der Waals surface area contributed by atoms with Gasteiger partial charge in [0.05, 0.1) is 0 Å². The van der Waals surface area contributed by atoms with Crippen molar-refractivity contribution in [3.8, 4) is 0 Å². The summed E-state index contributed by atoms with van der Waals surface area (Å²) in [7, 11) is 0. The standard InChI is InChI=1S/C13H15ClFNO/c14-12-4-3-11(13(15)6-12)8-16-5-1-2-10(7-16)9-17/h3-4,6,9-10H,1-2,5,7-8H2. The van der Waals surface area contributed by atoms with E-state index in [9.17, 15) is 9.18 Å². The fraction of sp³-hybridized carbons (Fsp3) is 0.462. The third-order valence-corrected chi connectivity index (χ3v) is 3.38. The topological polar surface area (TPSA) is 20.3 Å². The largest absolute Gasteiger partial charge is 0.303 e. The SMILES string of the molecule is O=CC1CCCN(Cc2ccc(Cl)cc2F)C1. The first kappa shape index (κ1) is 12.5. The number of aldehydes is 1. The normalized spacial score (nSPS) is 21.4. The van der Waals surface area contributed by atoms with E-state index in [2.05, 4.69) is 4.90 Å². The summed E-state index contributed by atoms with van der Waals surface area (Å²) in [5, 5.41) is 0.413. The minimum Gasteiger partial charge on any atom is -0.303 e. The maximum Gasteiger partial charge on any atom is 0.129 e. The molecule has 1 heterocycles. The van der Waals surface area contributed by atoms with E-state index >= 15 is 0 Å². The summed E-state index contributed by atoms with van der Waals surface area (Å²) in [6.07, 6.45) is 2.95. The number of carbonyl (C=O) groups is 1. The molecule has 0 N–H and O–H groups in total. The molecule has 0 bridgehead atoms. The quantitative estimate of drug-likeness (QED) is 0.774. The average Bonchev–Trinajstić information content (AvgIpc) is 2.33. The van der Waals surface area contributed by atoms with Crippen LogP contribution in [-0.4, -0.2) is 24.3 Å². The molecule has 0 aromatic heterocycles. The molecular weight excluding hydrogens is 241 g/mol. The van der Waals surface area contributed by atoms with Crippen molar-refractivity contribution in [2.45, 2.75) is 19.4 Å². The van der Waals surface area contributed by atoms with E-state index in [4.69, 9.17) is 11.6 Å².